The molecule has 0 amide bonds. The average molecular weight is 281 g/mol. The fourth-order valence-corrected chi connectivity index (χ4v) is 2.37. The third kappa shape index (κ3) is 3.97. The Morgan fingerprint density at radius 1 is 1.05 bits per heavy atom. The van der Waals surface area contributed by atoms with Gasteiger partial charge in [-0.05, 0) is 35.4 Å². The van der Waals surface area contributed by atoms with Gasteiger partial charge in [-0.15, -0.1) is 0 Å². The number of fused-ring (bicyclic) bond motifs is 1. The molecule has 2 rings (SSSR count). The van der Waals surface area contributed by atoms with Crippen LogP contribution in [0.4, 0.5) is 13.2 Å². The van der Waals surface area contributed by atoms with Gasteiger partial charge in [-0.2, -0.15) is 13.2 Å². The van der Waals surface area contributed by atoms with Crippen LogP contribution in [-0.4, -0.2) is 12.7 Å². The summed E-state index contributed by atoms with van der Waals surface area (Å²) < 4.78 is 37.2. The second-order valence-corrected chi connectivity index (χ2v) is 4.87. The van der Waals surface area contributed by atoms with E-state index in [0.717, 1.165) is 16.3 Å². The molecule has 20 heavy (non-hydrogen) atoms. The number of nitrogens with one attached hydrogen (secondary N) is 1. The fraction of sp³-hybridized carbons (Fsp3) is 0.375. The van der Waals surface area contributed by atoms with Crippen molar-refractivity contribution in [1.29, 1.82) is 0 Å². The van der Waals surface area contributed by atoms with Crippen LogP contribution in [-0.2, 0) is 0 Å². The Morgan fingerprint density at radius 2 is 1.75 bits per heavy atom. The van der Waals surface area contributed by atoms with Crippen molar-refractivity contribution in [3.05, 3.63) is 48.0 Å². The molecule has 4 heteroatoms. The van der Waals surface area contributed by atoms with Crippen molar-refractivity contribution in [2.45, 2.75) is 32.0 Å². The van der Waals surface area contributed by atoms with Crippen LogP contribution in [0, 0.1) is 0 Å². The van der Waals surface area contributed by atoms with Gasteiger partial charge in [0, 0.05) is 12.5 Å². The van der Waals surface area contributed by atoms with Crippen molar-refractivity contribution in [3.63, 3.8) is 0 Å². The minimum atomic E-state index is -4.11. The minimum absolute atomic E-state index is 0.0652. The summed E-state index contributed by atoms with van der Waals surface area (Å²) in [5.41, 5.74) is 0.912. The molecule has 108 valence electrons. The van der Waals surface area contributed by atoms with Crippen molar-refractivity contribution in [1.82, 2.24) is 5.32 Å². The van der Waals surface area contributed by atoms with Gasteiger partial charge < -0.3 is 5.32 Å². The number of rotatable bonds is 5. The summed E-state index contributed by atoms with van der Waals surface area (Å²) in [6.45, 7) is 2.55. The standard InChI is InChI=1S/C16H18F3N/c1-2-20-15(9-10-16(17,18)19)14-8-7-12-5-3-4-6-13(12)11-14/h3-8,11,15,20H,2,9-10H2,1H3. The third-order valence-corrected chi connectivity index (χ3v) is 3.34. The van der Waals surface area contributed by atoms with Crippen LogP contribution >= 0.6 is 0 Å². The summed E-state index contributed by atoms with van der Waals surface area (Å²) in [7, 11) is 0. The highest BCUT2D eigenvalue weighted by Gasteiger charge is 2.28. The van der Waals surface area contributed by atoms with Crippen LogP contribution in [0.5, 0.6) is 0 Å². The van der Waals surface area contributed by atoms with Crippen LogP contribution in [0.15, 0.2) is 42.5 Å². The molecule has 0 aromatic heterocycles. The normalized spacial score (nSPS) is 13.6. The number of alkyl halides is 3. The van der Waals surface area contributed by atoms with E-state index < -0.39 is 12.6 Å². The molecule has 0 radical (unpaired) electrons. The van der Waals surface area contributed by atoms with E-state index >= 15 is 0 Å². The Bertz CT molecular complexity index is 563. The average Bonchev–Trinajstić information content (AvgIpc) is 2.42. The number of benzene rings is 2. The summed E-state index contributed by atoms with van der Waals surface area (Å²) in [4.78, 5) is 0. The van der Waals surface area contributed by atoms with Crippen LogP contribution < -0.4 is 5.32 Å². The summed E-state index contributed by atoms with van der Waals surface area (Å²) in [5.74, 6) is 0. The smallest absolute Gasteiger partial charge is 0.310 e. The Hall–Kier alpha value is -1.55. The maximum atomic E-state index is 12.4. The molecule has 0 aliphatic rings. The van der Waals surface area contributed by atoms with Gasteiger partial charge in [0.1, 0.15) is 0 Å². The zero-order chi connectivity index (χ0) is 14.6. The Morgan fingerprint density at radius 3 is 2.40 bits per heavy atom. The highest BCUT2D eigenvalue weighted by Crippen LogP contribution is 2.29. The third-order valence-electron chi connectivity index (χ3n) is 3.34. The molecule has 1 nitrogen and oxygen atoms in total. The number of hydrogen-bond acceptors (Lipinski definition) is 1. The van der Waals surface area contributed by atoms with Gasteiger partial charge in [0.25, 0.3) is 0 Å². The lowest BCUT2D eigenvalue weighted by Crippen LogP contribution is -2.23. The van der Waals surface area contributed by atoms with E-state index in [9.17, 15) is 13.2 Å². The molecule has 0 aliphatic heterocycles. The molecule has 0 saturated carbocycles. The van der Waals surface area contributed by atoms with E-state index in [4.69, 9.17) is 0 Å². The maximum Gasteiger partial charge on any atom is 0.389 e. The Labute approximate surface area is 116 Å². The zero-order valence-electron chi connectivity index (χ0n) is 11.4. The topological polar surface area (TPSA) is 12.0 Å². The fourth-order valence-electron chi connectivity index (χ4n) is 2.37. The summed E-state index contributed by atoms with van der Waals surface area (Å²) >= 11 is 0. The molecule has 0 bridgehead atoms. The lowest BCUT2D eigenvalue weighted by molar-refractivity contribution is -0.136. The molecular formula is C16H18F3N. The predicted octanol–water partition coefficient (Wildman–Crippen LogP) is 4.83. The quantitative estimate of drug-likeness (QED) is 0.827. The van der Waals surface area contributed by atoms with Gasteiger partial charge in [0.2, 0.25) is 0 Å². The number of hydrogen-bond donors (Lipinski definition) is 1. The Kier molecular flexibility index (Phi) is 4.65. The van der Waals surface area contributed by atoms with Crippen molar-refractivity contribution >= 4 is 10.8 Å². The molecule has 1 atom stereocenters. The highest BCUT2D eigenvalue weighted by molar-refractivity contribution is 5.83. The lowest BCUT2D eigenvalue weighted by Gasteiger charge is -2.19. The molecule has 0 saturated heterocycles. The first-order valence-corrected chi connectivity index (χ1v) is 6.78. The van der Waals surface area contributed by atoms with E-state index in [-0.39, 0.29) is 12.5 Å². The predicted molar refractivity (Wildman–Crippen MR) is 75.7 cm³/mol. The monoisotopic (exact) mass is 281 g/mol. The van der Waals surface area contributed by atoms with E-state index in [0.29, 0.717) is 6.54 Å². The lowest BCUT2D eigenvalue weighted by atomic mass is 9.98. The summed E-state index contributed by atoms with van der Waals surface area (Å²) in [6.07, 6.45) is -4.81. The zero-order valence-corrected chi connectivity index (χ0v) is 11.4. The largest absolute Gasteiger partial charge is 0.389 e. The molecule has 0 spiro atoms. The van der Waals surface area contributed by atoms with Crippen LogP contribution in [0.3, 0.4) is 0 Å². The maximum absolute atomic E-state index is 12.4. The van der Waals surface area contributed by atoms with E-state index in [1.807, 2.05) is 49.4 Å². The van der Waals surface area contributed by atoms with Gasteiger partial charge in [-0.3, -0.25) is 0 Å². The second kappa shape index (κ2) is 6.27. The van der Waals surface area contributed by atoms with Gasteiger partial charge in [-0.25, -0.2) is 0 Å². The van der Waals surface area contributed by atoms with Crippen LogP contribution in [0.2, 0.25) is 0 Å². The minimum Gasteiger partial charge on any atom is -0.310 e. The molecule has 2 aromatic rings. The molecule has 0 fully saturated rings. The number of halogens is 3. The van der Waals surface area contributed by atoms with Crippen LogP contribution in [0.25, 0.3) is 10.8 Å². The van der Waals surface area contributed by atoms with Gasteiger partial charge in [-0.1, -0.05) is 43.3 Å². The summed E-state index contributed by atoms with van der Waals surface area (Å²) in [5, 5.41) is 5.29. The van der Waals surface area contributed by atoms with Gasteiger partial charge in [0.15, 0.2) is 0 Å². The van der Waals surface area contributed by atoms with Crippen molar-refractivity contribution < 1.29 is 13.2 Å². The summed E-state index contributed by atoms with van der Waals surface area (Å²) in [6, 6.07) is 13.4. The molecule has 0 heterocycles. The van der Waals surface area contributed by atoms with E-state index in [2.05, 4.69) is 5.32 Å². The molecule has 1 N–H and O–H groups in total. The van der Waals surface area contributed by atoms with Crippen LogP contribution in [0.1, 0.15) is 31.4 Å². The Balaban J connectivity index is 2.21. The first kappa shape index (κ1) is 14.9. The SMILES string of the molecule is CCNC(CCC(F)(F)F)c1ccc2ccccc2c1. The van der Waals surface area contributed by atoms with Crippen molar-refractivity contribution in [3.8, 4) is 0 Å². The van der Waals surface area contributed by atoms with E-state index in [1.54, 1.807) is 0 Å². The second-order valence-electron chi connectivity index (χ2n) is 4.87. The molecule has 2 aromatic carbocycles. The van der Waals surface area contributed by atoms with E-state index in [1.165, 1.54) is 0 Å². The first-order valence-electron chi connectivity index (χ1n) is 6.78. The first-order chi connectivity index (χ1) is 9.49. The molecular weight excluding hydrogens is 263 g/mol. The van der Waals surface area contributed by atoms with Gasteiger partial charge in [0.05, 0.1) is 0 Å². The molecule has 0 aliphatic carbocycles. The van der Waals surface area contributed by atoms with Crippen molar-refractivity contribution in [2.24, 2.45) is 0 Å². The van der Waals surface area contributed by atoms with Gasteiger partial charge >= 0.3 is 6.18 Å². The molecule has 1 unspecified atom stereocenters. The van der Waals surface area contributed by atoms with Crippen molar-refractivity contribution in [2.75, 3.05) is 6.54 Å². The highest BCUT2D eigenvalue weighted by atomic mass is 19.4.